The maximum absolute atomic E-state index is 7.73. The third kappa shape index (κ3) is 140. The monoisotopic (exact) mass is 344 g/mol. The molecule has 0 aliphatic carbocycles. The molecular weight excluding hydrogens is 320 g/mol. The van der Waals surface area contributed by atoms with Gasteiger partial charge in [0.2, 0.25) is 0 Å². The van der Waals surface area contributed by atoms with Crippen LogP contribution >= 0.6 is 0 Å². The molecule has 0 aromatic carbocycles. The van der Waals surface area contributed by atoms with E-state index in [1.807, 2.05) is 0 Å². The van der Waals surface area contributed by atoms with E-state index in [1.54, 1.807) is 27.7 Å². The van der Waals surface area contributed by atoms with Gasteiger partial charge in [0.15, 0.2) is 0 Å². The van der Waals surface area contributed by atoms with Crippen LogP contribution in [-0.2, 0) is 0 Å². The number of hydrogen-bond donors (Lipinski definition) is 2. The molecule has 0 amide bonds. The van der Waals surface area contributed by atoms with Gasteiger partial charge in [-0.25, -0.2) is 0 Å². The summed E-state index contributed by atoms with van der Waals surface area (Å²) in [5, 5.41) is 21.1. The normalized spacial score (nSPS) is 6.00. The second-order valence-electron chi connectivity index (χ2n) is 3.25. The van der Waals surface area contributed by atoms with Crippen LogP contribution < -0.4 is 0 Å². The summed E-state index contributed by atoms with van der Waals surface area (Å²) in [5.41, 5.74) is 10.5. The Morgan fingerprint density at radius 1 is 0.688 bits per heavy atom. The fraction of sp³-hybridized carbons (Fsp3) is 0.800. The molecule has 2 N–H and O–H groups in total. The predicted molar refractivity (Wildman–Crippen MR) is 76.1 cm³/mol. The first-order valence-corrected chi connectivity index (χ1v) is 14.8. The maximum atomic E-state index is 7.73. The quantitative estimate of drug-likeness (QED) is 0.306. The number of hydrogen-bond acceptors (Lipinski definition) is 4. The molecule has 0 aromatic heterocycles. The summed E-state index contributed by atoms with van der Waals surface area (Å²) in [7, 11) is 0. The van der Waals surface area contributed by atoms with Crippen molar-refractivity contribution in [3.8, 4) is 0 Å². The summed E-state index contributed by atoms with van der Waals surface area (Å²) >= 11 is 0.625. The molecule has 6 heteroatoms. The Bertz CT molecular complexity index is 137. The van der Waals surface area contributed by atoms with E-state index in [-0.39, 0.29) is 0 Å². The van der Waals surface area contributed by atoms with Crippen molar-refractivity contribution in [3.05, 3.63) is 0 Å². The van der Waals surface area contributed by atoms with Crippen LogP contribution in [0.15, 0.2) is 10.3 Å². The Labute approximate surface area is 116 Å². The van der Waals surface area contributed by atoms with E-state index in [1.165, 1.54) is 0 Å². The van der Waals surface area contributed by atoms with Gasteiger partial charge in [-0.3, -0.25) is 0 Å². The first kappa shape index (κ1) is 25.2. The van der Waals surface area contributed by atoms with Crippen molar-refractivity contribution >= 4 is 46.2 Å². The van der Waals surface area contributed by atoms with Crippen molar-refractivity contribution in [2.24, 2.45) is 10.3 Å². The standard InChI is InChI=1S/2C3H7NO.4CH3.2Ga/c2*1-3(2)4-5;;;;;;/h2*5H,1-2H3;4*1H3;;. The molecule has 0 aliphatic rings. The Balaban J connectivity index is -0.0000000621. The molecule has 0 aliphatic heterocycles. The summed E-state index contributed by atoms with van der Waals surface area (Å²) in [6.45, 7) is 6.89. The molecule has 0 bridgehead atoms. The van der Waals surface area contributed by atoms with Crippen LogP contribution in [0.5, 0.6) is 0 Å². The molecule has 0 unspecified atom stereocenters. The minimum absolute atomic E-state index is 0.312. The van der Waals surface area contributed by atoms with Gasteiger partial charge < -0.3 is 10.4 Å². The van der Waals surface area contributed by atoms with E-state index < -0.39 is 0 Å². The Morgan fingerprint density at radius 3 is 0.750 bits per heavy atom. The van der Waals surface area contributed by atoms with Gasteiger partial charge in [0, 0.05) is 0 Å². The van der Waals surface area contributed by atoms with Gasteiger partial charge in [-0.2, -0.15) is 0 Å². The number of rotatable bonds is 0. The molecule has 16 heavy (non-hydrogen) atoms. The van der Waals surface area contributed by atoms with Crippen molar-refractivity contribution in [2.45, 2.75) is 49.6 Å². The van der Waals surface area contributed by atoms with Crippen LogP contribution in [0.25, 0.3) is 0 Å². The molecule has 2 radical (unpaired) electrons. The van der Waals surface area contributed by atoms with Gasteiger partial charge in [-0.1, -0.05) is 10.3 Å². The number of nitrogens with zero attached hydrogens (tertiary/aromatic N) is 2. The second kappa shape index (κ2) is 29.5. The fourth-order valence-electron chi connectivity index (χ4n) is 0. The van der Waals surface area contributed by atoms with Crippen LogP contribution in [0, 0.1) is 0 Å². The van der Waals surface area contributed by atoms with E-state index in [4.69, 9.17) is 10.4 Å². The molecule has 0 heterocycles. The van der Waals surface area contributed by atoms with Gasteiger partial charge >= 0.3 is 56.7 Å². The molecule has 0 rings (SSSR count). The van der Waals surface area contributed by atoms with Crippen molar-refractivity contribution in [1.29, 1.82) is 0 Å². The zero-order valence-electron chi connectivity index (χ0n) is 11.9. The summed E-state index contributed by atoms with van der Waals surface area (Å²) in [4.78, 5) is 0. The van der Waals surface area contributed by atoms with Crippen LogP contribution in [0.1, 0.15) is 27.7 Å². The third-order valence-electron chi connectivity index (χ3n) is 0.400. The fourth-order valence-corrected chi connectivity index (χ4v) is 0. The molecule has 0 saturated carbocycles. The van der Waals surface area contributed by atoms with E-state index in [0.717, 1.165) is 0 Å². The van der Waals surface area contributed by atoms with Crippen molar-refractivity contribution in [1.82, 2.24) is 0 Å². The SMILES string of the molecule is CC(C)=NO.CC(C)=NO.[CH3][Ga][CH3].[CH3][Ga][CH3]. The van der Waals surface area contributed by atoms with E-state index in [9.17, 15) is 0 Å². The van der Waals surface area contributed by atoms with Gasteiger partial charge in [0.1, 0.15) is 0 Å². The van der Waals surface area contributed by atoms with Crippen molar-refractivity contribution < 1.29 is 10.4 Å². The second-order valence-corrected chi connectivity index (χ2v) is 8.09. The van der Waals surface area contributed by atoms with Crippen LogP contribution in [0.4, 0.5) is 0 Å². The molecular formula is C10H26Ga2N2O2. The molecule has 0 fully saturated rings. The zero-order chi connectivity index (χ0) is 14.0. The molecule has 0 saturated heterocycles. The molecule has 0 atom stereocenters. The van der Waals surface area contributed by atoms with Gasteiger partial charge in [0.05, 0.1) is 11.4 Å². The Morgan fingerprint density at radius 2 is 0.750 bits per heavy atom. The summed E-state index contributed by atoms with van der Waals surface area (Å²) < 4.78 is 0. The van der Waals surface area contributed by atoms with Gasteiger partial charge in [0.25, 0.3) is 0 Å². The average molecular weight is 346 g/mol. The van der Waals surface area contributed by atoms with Gasteiger partial charge in [-0.15, -0.1) is 0 Å². The molecule has 4 nitrogen and oxygen atoms in total. The topological polar surface area (TPSA) is 65.2 Å². The summed E-state index contributed by atoms with van der Waals surface area (Å²) in [6.07, 6.45) is 0. The van der Waals surface area contributed by atoms with Gasteiger partial charge in [-0.05, 0) is 27.7 Å². The van der Waals surface area contributed by atoms with Crippen molar-refractivity contribution in [2.75, 3.05) is 0 Å². The van der Waals surface area contributed by atoms with E-state index in [0.29, 0.717) is 46.2 Å². The molecule has 0 aromatic rings. The first-order valence-electron chi connectivity index (χ1n) is 5.16. The van der Waals surface area contributed by atoms with E-state index in [2.05, 4.69) is 32.2 Å². The minimum atomic E-state index is 0.312. The summed E-state index contributed by atoms with van der Waals surface area (Å²) in [6, 6.07) is 0. The van der Waals surface area contributed by atoms with E-state index >= 15 is 0 Å². The number of oxime groups is 2. The van der Waals surface area contributed by atoms with Crippen LogP contribution in [0.2, 0.25) is 21.9 Å². The van der Waals surface area contributed by atoms with Crippen molar-refractivity contribution in [3.63, 3.8) is 0 Å². The molecule has 0 spiro atoms. The third-order valence-corrected chi connectivity index (χ3v) is 0.400. The summed E-state index contributed by atoms with van der Waals surface area (Å²) in [5.74, 6) is 0. The average Bonchev–Trinajstić information content (AvgIpc) is 2.21. The van der Waals surface area contributed by atoms with Crippen LogP contribution in [-0.4, -0.2) is 56.7 Å². The molecule has 94 valence electrons. The van der Waals surface area contributed by atoms with Crippen LogP contribution in [0.3, 0.4) is 0 Å². The Hall–Kier alpha value is 0.213. The zero-order valence-corrected chi connectivity index (χ0v) is 16.8. The first-order chi connectivity index (χ1) is 7.37. The Kier molecular flexibility index (Phi) is 46.3. The predicted octanol–water partition coefficient (Wildman–Crippen LogP) is 3.29.